The molecule has 1 aromatic carbocycles. The van der Waals surface area contributed by atoms with E-state index in [1.807, 2.05) is 0 Å². The number of aryl methyl sites for hydroxylation is 1. The van der Waals surface area contributed by atoms with Crippen LogP contribution >= 0.6 is 11.6 Å². The minimum Gasteiger partial charge on any atom is -0.333 e. The van der Waals surface area contributed by atoms with Gasteiger partial charge in [-0.1, -0.05) is 17.7 Å². The molecule has 2 heterocycles. The molecule has 0 amide bonds. The molecule has 0 radical (unpaired) electrons. The highest BCUT2D eigenvalue weighted by atomic mass is 35.5. The highest BCUT2D eigenvalue weighted by molar-refractivity contribution is 6.35. The smallest absolute Gasteiger partial charge is 0.333 e. The molecule has 0 aliphatic heterocycles. The van der Waals surface area contributed by atoms with Crippen LogP contribution in [0, 0.1) is 0 Å². The van der Waals surface area contributed by atoms with E-state index >= 15 is 0 Å². The summed E-state index contributed by atoms with van der Waals surface area (Å²) < 4.78 is 39.7. The van der Waals surface area contributed by atoms with E-state index in [1.54, 1.807) is 17.9 Å². The fraction of sp³-hybridized carbons (Fsp3) is 0.167. The summed E-state index contributed by atoms with van der Waals surface area (Å²) >= 11 is 5.95. The molecule has 0 aliphatic carbocycles. The Hall–Kier alpha value is -1.82. The van der Waals surface area contributed by atoms with Gasteiger partial charge in [0, 0.05) is 12.4 Å². The number of halogens is 4. The molecule has 0 aliphatic rings. The molecule has 98 valence electrons. The Labute approximate surface area is 110 Å². The van der Waals surface area contributed by atoms with Crippen LogP contribution in [0.15, 0.2) is 24.5 Å². The van der Waals surface area contributed by atoms with E-state index in [9.17, 15) is 13.2 Å². The van der Waals surface area contributed by atoms with E-state index in [4.69, 9.17) is 11.6 Å². The van der Waals surface area contributed by atoms with E-state index in [1.165, 1.54) is 6.07 Å². The van der Waals surface area contributed by atoms with Crippen molar-refractivity contribution in [2.24, 2.45) is 7.05 Å². The number of hydrogen-bond donors (Lipinski definition) is 0. The van der Waals surface area contributed by atoms with Crippen molar-refractivity contribution >= 4 is 33.5 Å². The van der Waals surface area contributed by atoms with Crippen LogP contribution in [0.5, 0.6) is 0 Å². The number of hydrogen-bond acceptors (Lipinski definition) is 2. The van der Waals surface area contributed by atoms with Crippen molar-refractivity contribution < 1.29 is 13.2 Å². The Morgan fingerprint density at radius 2 is 2.00 bits per heavy atom. The van der Waals surface area contributed by atoms with Gasteiger partial charge in [0.15, 0.2) is 5.15 Å². The summed E-state index contributed by atoms with van der Waals surface area (Å²) in [5, 5.41) is 0.690. The zero-order valence-corrected chi connectivity index (χ0v) is 10.4. The summed E-state index contributed by atoms with van der Waals surface area (Å²) in [7, 11) is 1.75. The maximum atomic E-state index is 12.7. The Balaban J connectivity index is 2.43. The lowest BCUT2D eigenvalue weighted by atomic mass is 10.1. The maximum Gasteiger partial charge on any atom is 0.416 e. The molecular formula is C12H7ClF3N3. The number of fused-ring (bicyclic) bond motifs is 3. The summed E-state index contributed by atoms with van der Waals surface area (Å²) in [4.78, 5) is 8.07. The van der Waals surface area contributed by atoms with Crippen molar-refractivity contribution in [1.82, 2.24) is 14.5 Å². The molecule has 0 unspecified atom stereocenters. The predicted octanol–water partition coefficient (Wildman–Crippen LogP) is 3.79. The van der Waals surface area contributed by atoms with Crippen molar-refractivity contribution in [3.8, 4) is 0 Å². The SMILES string of the molecule is Cn1cnc2c(Cl)nc3cc(C(F)(F)F)ccc3c21. The third kappa shape index (κ3) is 1.83. The number of pyridine rings is 1. The number of nitrogens with zero attached hydrogens (tertiary/aromatic N) is 3. The molecule has 3 nitrogen and oxygen atoms in total. The standard InChI is InChI=1S/C12H7ClF3N3/c1-19-5-17-9-10(19)7-3-2-6(12(14,15)16)4-8(7)18-11(9)13/h2-5H,1H3. The third-order valence-electron chi connectivity index (χ3n) is 2.93. The van der Waals surface area contributed by atoms with E-state index < -0.39 is 11.7 Å². The number of alkyl halides is 3. The van der Waals surface area contributed by atoms with Gasteiger partial charge in [-0.3, -0.25) is 0 Å². The van der Waals surface area contributed by atoms with Gasteiger partial charge in [-0.2, -0.15) is 13.2 Å². The Bertz CT molecular complexity index is 792. The second-order valence-corrected chi connectivity index (χ2v) is 4.54. The number of benzene rings is 1. The zero-order chi connectivity index (χ0) is 13.8. The lowest BCUT2D eigenvalue weighted by molar-refractivity contribution is -0.137. The molecule has 0 saturated heterocycles. The molecule has 19 heavy (non-hydrogen) atoms. The van der Waals surface area contributed by atoms with E-state index in [-0.39, 0.29) is 10.7 Å². The summed E-state index contributed by atoms with van der Waals surface area (Å²) in [5.74, 6) is 0. The highest BCUT2D eigenvalue weighted by Crippen LogP contribution is 2.34. The van der Waals surface area contributed by atoms with E-state index in [2.05, 4.69) is 9.97 Å². The van der Waals surface area contributed by atoms with Gasteiger partial charge in [0.2, 0.25) is 0 Å². The second-order valence-electron chi connectivity index (χ2n) is 4.18. The number of rotatable bonds is 0. The second kappa shape index (κ2) is 3.84. The first kappa shape index (κ1) is 12.2. The predicted molar refractivity (Wildman–Crippen MR) is 66.0 cm³/mol. The number of aromatic nitrogens is 3. The van der Waals surface area contributed by atoms with Crippen LogP contribution in [0.25, 0.3) is 21.9 Å². The highest BCUT2D eigenvalue weighted by Gasteiger charge is 2.30. The quantitative estimate of drug-likeness (QED) is 0.588. The minimum atomic E-state index is -4.40. The largest absolute Gasteiger partial charge is 0.416 e. The lowest BCUT2D eigenvalue weighted by Gasteiger charge is -2.08. The van der Waals surface area contributed by atoms with Crippen LogP contribution in [0.4, 0.5) is 13.2 Å². The fourth-order valence-electron chi connectivity index (χ4n) is 2.06. The maximum absolute atomic E-state index is 12.7. The topological polar surface area (TPSA) is 30.7 Å². The molecule has 0 saturated carbocycles. The van der Waals surface area contributed by atoms with Gasteiger partial charge in [0.1, 0.15) is 5.52 Å². The molecule has 0 spiro atoms. The molecule has 3 rings (SSSR count). The summed E-state index contributed by atoms with van der Waals surface area (Å²) in [6.07, 6.45) is -2.85. The van der Waals surface area contributed by atoms with Crippen molar-refractivity contribution in [2.75, 3.05) is 0 Å². The first-order valence-electron chi connectivity index (χ1n) is 5.35. The molecule has 0 bridgehead atoms. The number of imidazole rings is 1. The summed E-state index contributed by atoms with van der Waals surface area (Å²) in [6.45, 7) is 0. The van der Waals surface area contributed by atoms with Gasteiger partial charge in [0.25, 0.3) is 0 Å². The monoisotopic (exact) mass is 285 g/mol. The van der Waals surface area contributed by atoms with Crippen molar-refractivity contribution in [2.45, 2.75) is 6.18 Å². The zero-order valence-electron chi connectivity index (χ0n) is 9.66. The van der Waals surface area contributed by atoms with Gasteiger partial charge in [-0.15, -0.1) is 0 Å². The molecule has 0 fully saturated rings. The Morgan fingerprint density at radius 1 is 1.26 bits per heavy atom. The van der Waals surface area contributed by atoms with Crippen LogP contribution in [0.1, 0.15) is 5.56 Å². The summed E-state index contributed by atoms with van der Waals surface area (Å²) in [5.41, 5.74) is 0.612. The van der Waals surface area contributed by atoms with Gasteiger partial charge in [0.05, 0.1) is 22.9 Å². The molecular weight excluding hydrogens is 279 g/mol. The van der Waals surface area contributed by atoms with Crippen LogP contribution in [0.3, 0.4) is 0 Å². The molecule has 3 aromatic rings. The molecule has 7 heteroatoms. The Morgan fingerprint density at radius 3 is 2.68 bits per heavy atom. The van der Waals surface area contributed by atoms with Gasteiger partial charge in [-0.05, 0) is 12.1 Å². The third-order valence-corrected chi connectivity index (χ3v) is 3.19. The molecule has 2 aromatic heterocycles. The van der Waals surface area contributed by atoms with Crippen molar-refractivity contribution in [3.63, 3.8) is 0 Å². The fourth-order valence-corrected chi connectivity index (χ4v) is 2.29. The average molecular weight is 286 g/mol. The van der Waals surface area contributed by atoms with Crippen LogP contribution in [0.2, 0.25) is 5.15 Å². The molecule has 0 N–H and O–H groups in total. The van der Waals surface area contributed by atoms with Gasteiger partial charge < -0.3 is 4.57 Å². The Kier molecular flexibility index (Phi) is 2.47. The lowest BCUT2D eigenvalue weighted by Crippen LogP contribution is -2.04. The van der Waals surface area contributed by atoms with Crippen LogP contribution < -0.4 is 0 Å². The minimum absolute atomic E-state index is 0.0995. The first-order valence-corrected chi connectivity index (χ1v) is 5.73. The normalized spacial score (nSPS) is 12.5. The van der Waals surface area contributed by atoms with E-state index in [0.29, 0.717) is 16.4 Å². The van der Waals surface area contributed by atoms with Crippen LogP contribution in [-0.4, -0.2) is 14.5 Å². The molecule has 0 atom stereocenters. The van der Waals surface area contributed by atoms with E-state index in [0.717, 1.165) is 12.1 Å². The van der Waals surface area contributed by atoms with Crippen LogP contribution in [-0.2, 0) is 13.2 Å². The van der Waals surface area contributed by atoms with Gasteiger partial charge in [-0.25, -0.2) is 9.97 Å². The van der Waals surface area contributed by atoms with Gasteiger partial charge >= 0.3 is 6.18 Å². The van der Waals surface area contributed by atoms with Crippen molar-refractivity contribution in [3.05, 3.63) is 35.2 Å². The first-order chi connectivity index (χ1) is 8.88. The van der Waals surface area contributed by atoms with Crippen molar-refractivity contribution in [1.29, 1.82) is 0 Å². The average Bonchev–Trinajstić information content (AvgIpc) is 2.71. The summed E-state index contributed by atoms with van der Waals surface area (Å²) in [6, 6.07) is 3.42.